The van der Waals surface area contributed by atoms with E-state index in [9.17, 15) is 4.79 Å². The summed E-state index contributed by atoms with van der Waals surface area (Å²) in [7, 11) is 4.00. The van der Waals surface area contributed by atoms with Crippen molar-refractivity contribution < 1.29 is 9.69 Å². The normalized spacial score (nSPS) is 11.3. The topological polar surface area (TPSA) is 40.9 Å². The molecule has 1 aromatic heterocycles. The van der Waals surface area contributed by atoms with Crippen LogP contribution in [0.1, 0.15) is 35.3 Å². The van der Waals surface area contributed by atoms with Crippen LogP contribution >= 0.6 is 11.3 Å². The van der Waals surface area contributed by atoms with Crippen LogP contribution in [0.4, 0.5) is 10.8 Å². The quantitative estimate of drug-likeness (QED) is 0.600. The van der Waals surface area contributed by atoms with Crippen molar-refractivity contribution in [3.8, 4) is 0 Å². The molecule has 0 atom stereocenters. The van der Waals surface area contributed by atoms with E-state index >= 15 is 0 Å². The summed E-state index contributed by atoms with van der Waals surface area (Å²) in [5.41, 5.74) is 5.20. The van der Waals surface area contributed by atoms with E-state index in [1.165, 1.54) is 16.0 Å². The molecule has 6 heteroatoms. The molecule has 2 aromatic carbocycles. The Kier molecular flexibility index (Phi) is 7.10. The number of fused-ring (bicyclic) bond motifs is 1. The molecule has 1 N–H and O–H groups in total. The van der Waals surface area contributed by atoms with Crippen molar-refractivity contribution in [2.24, 2.45) is 0 Å². The third-order valence-electron chi connectivity index (χ3n) is 5.87. The largest absolute Gasteiger partial charge is 0.378 e. The molecule has 5 nitrogen and oxygen atoms in total. The van der Waals surface area contributed by atoms with E-state index in [1.807, 2.05) is 48.2 Å². The molecule has 1 heterocycles. The lowest BCUT2D eigenvalue weighted by atomic mass is 10.1. The standard InChI is InChI=1S/C24H32N4OS/c1-7-27(8-2)15-16-28(23(29)19-10-12-20(13-11-19)26(5)6)24-25-22-18(4)17(3)9-14-21(22)30-24/h9-14H,7-8,15-16H2,1-6H3/p+1. The van der Waals surface area contributed by atoms with Crippen molar-refractivity contribution >= 4 is 38.3 Å². The second kappa shape index (κ2) is 9.58. The zero-order valence-electron chi connectivity index (χ0n) is 19.0. The molecule has 0 aliphatic rings. The van der Waals surface area contributed by atoms with Crippen LogP contribution < -0.4 is 14.7 Å². The predicted octanol–water partition coefficient (Wildman–Crippen LogP) is 3.55. The highest BCUT2D eigenvalue weighted by Crippen LogP contribution is 2.32. The molecular formula is C24H33N4OS+. The number of carbonyl (C=O) groups is 1. The average molecular weight is 426 g/mol. The van der Waals surface area contributed by atoms with Gasteiger partial charge in [-0.3, -0.25) is 9.69 Å². The number of aryl methyl sites for hydroxylation is 2. The molecule has 160 valence electrons. The van der Waals surface area contributed by atoms with E-state index in [4.69, 9.17) is 4.98 Å². The Morgan fingerprint density at radius 2 is 1.70 bits per heavy atom. The van der Waals surface area contributed by atoms with E-state index in [-0.39, 0.29) is 5.91 Å². The van der Waals surface area contributed by atoms with Crippen LogP contribution in [0.25, 0.3) is 10.2 Å². The number of amides is 1. The van der Waals surface area contributed by atoms with E-state index in [0.717, 1.165) is 40.7 Å². The fourth-order valence-corrected chi connectivity index (χ4v) is 4.59. The van der Waals surface area contributed by atoms with Gasteiger partial charge in [0.1, 0.15) is 0 Å². The summed E-state index contributed by atoms with van der Waals surface area (Å²) in [5, 5.41) is 0.784. The molecule has 0 bridgehead atoms. The smallest absolute Gasteiger partial charge is 0.260 e. The Morgan fingerprint density at radius 1 is 1.03 bits per heavy atom. The lowest BCUT2D eigenvalue weighted by molar-refractivity contribution is -0.894. The van der Waals surface area contributed by atoms with Crippen molar-refractivity contribution in [2.45, 2.75) is 27.7 Å². The second-order valence-corrected chi connectivity index (χ2v) is 8.96. The first-order chi connectivity index (χ1) is 14.3. The van der Waals surface area contributed by atoms with Crippen molar-refractivity contribution in [3.05, 3.63) is 53.1 Å². The van der Waals surface area contributed by atoms with E-state index in [2.05, 4.69) is 39.8 Å². The summed E-state index contributed by atoms with van der Waals surface area (Å²) in [6.45, 7) is 12.2. The van der Waals surface area contributed by atoms with Crippen LogP contribution in [0.2, 0.25) is 0 Å². The van der Waals surface area contributed by atoms with E-state index in [1.54, 1.807) is 11.3 Å². The number of hydrogen-bond donors (Lipinski definition) is 1. The Balaban J connectivity index is 1.97. The van der Waals surface area contributed by atoms with Crippen molar-refractivity contribution in [3.63, 3.8) is 0 Å². The van der Waals surface area contributed by atoms with Crippen LogP contribution in [-0.2, 0) is 0 Å². The minimum absolute atomic E-state index is 0.0142. The van der Waals surface area contributed by atoms with Gasteiger partial charge >= 0.3 is 0 Å². The maximum absolute atomic E-state index is 13.5. The molecule has 1 amide bonds. The third-order valence-corrected chi connectivity index (χ3v) is 6.91. The number of benzene rings is 2. The Bertz CT molecular complexity index is 1010. The molecule has 3 rings (SSSR count). The summed E-state index contributed by atoms with van der Waals surface area (Å²) < 4.78 is 1.13. The fraction of sp³-hybridized carbons (Fsp3) is 0.417. The van der Waals surface area contributed by atoms with Crippen molar-refractivity contribution in [1.82, 2.24) is 4.98 Å². The number of nitrogens with zero attached hydrogens (tertiary/aromatic N) is 3. The van der Waals surface area contributed by atoms with Crippen LogP contribution in [0.3, 0.4) is 0 Å². The summed E-state index contributed by atoms with van der Waals surface area (Å²) >= 11 is 1.60. The molecule has 30 heavy (non-hydrogen) atoms. The lowest BCUT2D eigenvalue weighted by Crippen LogP contribution is -3.12. The fourth-order valence-electron chi connectivity index (χ4n) is 3.55. The van der Waals surface area contributed by atoms with Gasteiger partial charge in [0.15, 0.2) is 5.13 Å². The molecule has 0 unspecified atom stereocenters. The summed E-state index contributed by atoms with van der Waals surface area (Å²) in [6, 6.07) is 12.1. The predicted molar refractivity (Wildman–Crippen MR) is 128 cm³/mol. The number of aromatic nitrogens is 1. The number of carbonyl (C=O) groups excluding carboxylic acids is 1. The zero-order valence-corrected chi connectivity index (χ0v) is 19.8. The highest BCUT2D eigenvalue weighted by molar-refractivity contribution is 7.22. The van der Waals surface area contributed by atoms with Gasteiger partial charge in [0.05, 0.1) is 36.4 Å². The first kappa shape index (κ1) is 22.2. The summed E-state index contributed by atoms with van der Waals surface area (Å²) in [4.78, 5) is 23.8. The number of anilines is 2. The van der Waals surface area contributed by atoms with Gasteiger partial charge in [-0.05, 0) is 69.2 Å². The first-order valence-corrected chi connectivity index (χ1v) is 11.5. The average Bonchev–Trinajstić information content (AvgIpc) is 3.18. The van der Waals surface area contributed by atoms with Gasteiger partial charge in [-0.15, -0.1) is 0 Å². The molecule has 0 aliphatic heterocycles. The minimum Gasteiger partial charge on any atom is -0.378 e. The Morgan fingerprint density at radius 3 is 2.30 bits per heavy atom. The molecule has 0 aliphatic carbocycles. The SMILES string of the molecule is CC[NH+](CC)CCN(C(=O)c1ccc(N(C)C)cc1)c1nc2c(C)c(C)ccc2s1. The van der Waals surface area contributed by atoms with Gasteiger partial charge in [-0.25, -0.2) is 4.98 Å². The van der Waals surface area contributed by atoms with Crippen LogP contribution in [0.5, 0.6) is 0 Å². The van der Waals surface area contributed by atoms with Crippen LogP contribution in [-0.4, -0.2) is 51.2 Å². The summed E-state index contributed by atoms with van der Waals surface area (Å²) in [6.07, 6.45) is 0. The molecule has 0 spiro atoms. The maximum Gasteiger partial charge on any atom is 0.260 e. The van der Waals surface area contributed by atoms with Gasteiger partial charge in [0.2, 0.25) is 0 Å². The summed E-state index contributed by atoms with van der Waals surface area (Å²) in [5.74, 6) is 0.0142. The number of rotatable bonds is 8. The molecule has 0 fully saturated rings. The van der Waals surface area contributed by atoms with Gasteiger partial charge in [0, 0.05) is 25.3 Å². The lowest BCUT2D eigenvalue weighted by Gasteiger charge is -2.23. The first-order valence-electron chi connectivity index (χ1n) is 10.6. The van der Waals surface area contributed by atoms with Crippen molar-refractivity contribution in [2.75, 3.05) is 50.1 Å². The van der Waals surface area contributed by atoms with Gasteiger partial charge < -0.3 is 9.80 Å². The third kappa shape index (κ3) is 4.65. The Labute approximate surface area is 183 Å². The number of quaternary nitrogens is 1. The molecule has 3 aromatic rings. The molecule has 0 saturated carbocycles. The number of nitrogens with one attached hydrogen (secondary N) is 1. The maximum atomic E-state index is 13.5. The monoisotopic (exact) mass is 425 g/mol. The van der Waals surface area contributed by atoms with Crippen molar-refractivity contribution in [1.29, 1.82) is 0 Å². The molecule has 0 saturated heterocycles. The highest BCUT2D eigenvalue weighted by atomic mass is 32.1. The highest BCUT2D eigenvalue weighted by Gasteiger charge is 2.23. The zero-order chi connectivity index (χ0) is 21.8. The van der Waals surface area contributed by atoms with Gasteiger partial charge in [0.25, 0.3) is 5.91 Å². The van der Waals surface area contributed by atoms with Crippen LogP contribution in [0.15, 0.2) is 36.4 Å². The number of likely N-dealkylation sites (N-methyl/N-ethyl adjacent to an activating group) is 1. The Hall–Kier alpha value is -2.44. The molecular weight excluding hydrogens is 392 g/mol. The van der Waals surface area contributed by atoms with Crippen LogP contribution in [0, 0.1) is 13.8 Å². The van der Waals surface area contributed by atoms with E-state index < -0.39 is 0 Å². The number of hydrogen-bond acceptors (Lipinski definition) is 4. The number of thiazole rings is 1. The molecule has 0 radical (unpaired) electrons. The van der Waals surface area contributed by atoms with Gasteiger partial charge in [-0.2, -0.15) is 0 Å². The second-order valence-electron chi connectivity index (χ2n) is 7.96. The van der Waals surface area contributed by atoms with E-state index in [0.29, 0.717) is 12.1 Å². The van der Waals surface area contributed by atoms with Gasteiger partial charge in [-0.1, -0.05) is 17.4 Å². The minimum atomic E-state index is 0.0142.